The monoisotopic (exact) mass is 284 g/mol. The molecule has 5 nitrogen and oxygen atoms in total. The van der Waals surface area contributed by atoms with Crippen LogP contribution in [0.1, 0.15) is 21.6 Å². The number of amides is 1. The summed E-state index contributed by atoms with van der Waals surface area (Å²) in [6, 6.07) is 11.8. The molecule has 2 rings (SSSR count). The van der Waals surface area contributed by atoms with Crippen molar-refractivity contribution >= 4 is 11.6 Å². The lowest BCUT2D eigenvalue weighted by Crippen LogP contribution is -2.21. The SMILES string of the molecule is CNC(=O)c1cc(N(C)Cc2ccccc2CN)ccn1. The van der Waals surface area contributed by atoms with Gasteiger partial charge in [-0.3, -0.25) is 9.78 Å². The molecular formula is C16H20N4O. The van der Waals surface area contributed by atoms with Gasteiger partial charge in [-0.15, -0.1) is 0 Å². The van der Waals surface area contributed by atoms with Crippen molar-refractivity contribution in [3.05, 3.63) is 59.4 Å². The average molecular weight is 284 g/mol. The number of nitrogens with one attached hydrogen (secondary N) is 1. The van der Waals surface area contributed by atoms with Gasteiger partial charge in [0.05, 0.1) is 0 Å². The van der Waals surface area contributed by atoms with Gasteiger partial charge in [0.25, 0.3) is 5.91 Å². The van der Waals surface area contributed by atoms with E-state index in [1.165, 1.54) is 5.56 Å². The molecule has 2 aromatic rings. The molecule has 0 aliphatic carbocycles. The first-order valence-electron chi connectivity index (χ1n) is 6.82. The van der Waals surface area contributed by atoms with Gasteiger partial charge in [-0.25, -0.2) is 0 Å². The summed E-state index contributed by atoms with van der Waals surface area (Å²) >= 11 is 0. The number of carbonyl (C=O) groups is 1. The van der Waals surface area contributed by atoms with E-state index in [0.717, 1.165) is 17.8 Å². The van der Waals surface area contributed by atoms with E-state index < -0.39 is 0 Å². The molecule has 0 aliphatic rings. The Hall–Kier alpha value is -2.40. The van der Waals surface area contributed by atoms with Crippen LogP contribution in [0, 0.1) is 0 Å². The molecule has 0 saturated heterocycles. The summed E-state index contributed by atoms with van der Waals surface area (Å²) in [5, 5.41) is 2.58. The molecule has 110 valence electrons. The molecule has 0 saturated carbocycles. The van der Waals surface area contributed by atoms with Crippen LogP contribution in [-0.2, 0) is 13.1 Å². The molecule has 3 N–H and O–H groups in total. The second-order valence-electron chi connectivity index (χ2n) is 4.81. The van der Waals surface area contributed by atoms with E-state index in [-0.39, 0.29) is 5.91 Å². The lowest BCUT2D eigenvalue weighted by molar-refractivity contribution is 0.0958. The van der Waals surface area contributed by atoms with Crippen molar-refractivity contribution in [2.45, 2.75) is 13.1 Å². The molecular weight excluding hydrogens is 264 g/mol. The molecule has 0 aliphatic heterocycles. The third kappa shape index (κ3) is 3.58. The molecule has 21 heavy (non-hydrogen) atoms. The first-order chi connectivity index (χ1) is 10.2. The molecule has 1 aromatic carbocycles. The maximum Gasteiger partial charge on any atom is 0.269 e. The second-order valence-corrected chi connectivity index (χ2v) is 4.81. The topological polar surface area (TPSA) is 71.2 Å². The summed E-state index contributed by atoms with van der Waals surface area (Å²) in [5.41, 5.74) is 9.43. The van der Waals surface area contributed by atoms with E-state index >= 15 is 0 Å². The van der Waals surface area contributed by atoms with Gasteiger partial charge in [-0.05, 0) is 23.3 Å². The van der Waals surface area contributed by atoms with Crippen molar-refractivity contribution in [3.8, 4) is 0 Å². The normalized spacial score (nSPS) is 10.2. The third-order valence-electron chi connectivity index (χ3n) is 3.39. The number of nitrogens with zero attached hydrogens (tertiary/aromatic N) is 2. The predicted octanol–water partition coefficient (Wildman–Crippen LogP) is 1.54. The highest BCUT2D eigenvalue weighted by Gasteiger charge is 2.09. The van der Waals surface area contributed by atoms with Crippen molar-refractivity contribution in [2.24, 2.45) is 5.73 Å². The second kappa shape index (κ2) is 6.85. The Bertz CT molecular complexity index is 627. The number of anilines is 1. The minimum absolute atomic E-state index is 0.187. The zero-order chi connectivity index (χ0) is 15.2. The first kappa shape index (κ1) is 15.0. The van der Waals surface area contributed by atoms with Gasteiger partial charge in [0.1, 0.15) is 5.69 Å². The first-order valence-corrected chi connectivity index (χ1v) is 6.82. The number of benzene rings is 1. The number of nitrogens with two attached hydrogens (primary N) is 1. The van der Waals surface area contributed by atoms with Crippen molar-refractivity contribution in [2.75, 3.05) is 19.0 Å². The molecule has 1 heterocycles. The number of aromatic nitrogens is 1. The number of rotatable bonds is 5. The molecule has 0 radical (unpaired) electrons. The molecule has 0 spiro atoms. The largest absolute Gasteiger partial charge is 0.370 e. The smallest absolute Gasteiger partial charge is 0.269 e. The van der Waals surface area contributed by atoms with E-state index in [1.54, 1.807) is 19.3 Å². The molecule has 0 unspecified atom stereocenters. The number of pyridine rings is 1. The Kier molecular flexibility index (Phi) is 4.90. The molecule has 5 heteroatoms. The quantitative estimate of drug-likeness (QED) is 0.873. The van der Waals surface area contributed by atoms with Crippen LogP contribution in [-0.4, -0.2) is 25.0 Å². The summed E-state index contributed by atoms with van der Waals surface area (Å²) in [4.78, 5) is 17.8. The van der Waals surface area contributed by atoms with Gasteiger partial charge in [0.15, 0.2) is 0 Å². The summed E-state index contributed by atoms with van der Waals surface area (Å²) in [6.45, 7) is 1.24. The van der Waals surface area contributed by atoms with Gasteiger partial charge in [-0.2, -0.15) is 0 Å². The van der Waals surface area contributed by atoms with Crippen molar-refractivity contribution in [1.29, 1.82) is 0 Å². The Labute approximate surface area is 124 Å². The molecule has 0 bridgehead atoms. The van der Waals surface area contributed by atoms with E-state index in [0.29, 0.717) is 12.2 Å². The summed E-state index contributed by atoms with van der Waals surface area (Å²) < 4.78 is 0. The summed E-state index contributed by atoms with van der Waals surface area (Å²) in [5.74, 6) is -0.187. The van der Waals surface area contributed by atoms with Crippen LogP contribution in [0.25, 0.3) is 0 Å². The summed E-state index contributed by atoms with van der Waals surface area (Å²) in [7, 11) is 3.58. The zero-order valence-corrected chi connectivity index (χ0v) is 12.3. The maximum atomic E-state index is 11.6. The van der Waals surface area contributed by atoms with Crippen LogP contribution >= 0.6 is 0 Å². The molecule has 0 atom stereocenters. The van der Waals surface area contributed by atoms with Crippen molar-refractivity contribution in [3.63, 3.8) is 0 Å². The minimum atomic E-state index is -0.187. The van der Waals surface area contributed by atoms with Gasteiger partial charge in [0.2, 0.25) is 0 Å². The summed E-state index contributed by atoms with van der Waals surface area (Å²) in [6.07, 6.45) is 1.64. The van der Waals surface area contributed by atoms with Gasteiger partial charge >= 0.3 is 0 Å². The van der Waals surface area contributed by atoms with Crippen molar-refractivity contribution in [1.82, 2.24) is 10.3 Å². The average Bonchev–Trinajstić information content (AvgIpc) is 2.54. The van der Waals surface area contributed by atoms with E-state index in [4.69, 9.17) is 5.73 Å². The fourth-order valence-corrected chi connectivity index (χ4v) is 2.17. The number of carbonyl (C=O) groups excluding carboxylic acids is 1. The predicted molar refractivity (Wildman–Crippen MR) is 84.1 cm³/mol. The van der Waals surface area contributed by atoms with Crippen LogP contribution in [0.2, 0.25) is 0 Å². The van der Waals surface area contributed by atoms with Gasteiger partial charge in [0, 0.05) is 39.1 Å². The number of hydrogen-bond acceptors (Lipinski definition) is 4. The molecule has 1 amide bonds. The lowest BCUT2D eigenvalue weighted by atomic mass is 10.1. The third-order valence-corrected chi connectivity index (χ3v) is 3.39. The van der Waals surface area contributed by atoms with E-state index in [1.807, 2.05) is 31.3 Å². The Balaban J connectivity index is 2.20. The Morgan fingerprint density at radius 3 is 2.67 bits per heavy atom. The van der Waals surface area contributed by atoms with Gasteiger partial charge in [-0.1, -0.05) is 24.3 Å². The van der Waals surface area contributed by atoms with E-state index in [9.17, 15) is 4.79 Å². The standard InChI is InChI=1S/C16H20N4O/c1-18-16(21)15-9-14(7-8-19-15)20(2)11-13-6-4-3-5-12(13)10-17/h3-9H,10-11,17H2,1-2H3,(H,18,21). The Morgan fingerprint density at radius 1 is 1.29 bits per heavy atom. The Morgan fingerprint density at radius 2 is 2.00 bits per heavy atom. The highest BCUT2D eigenvalue weighted by Crippen LogP contribution is 2.18. The number of hydrogen-bond donors (Lipinski definition) is 2. The minimum Gasteiger partial charge on any atom is -0.370 e. The highest BCUT2D eigenvalue weighted by atomic mass is 16.1. The molecule has 1 aromatic heterocycles. The van der Waals surface area contributed by atoms with E-state index in [2.05, 4.69) is 21.3 Å². The van der Waals surface area contributed by atoms with Crippen LogP contribution in [0.4, 0.5) is 5.69 Å². The fourth-order valence-electron chi connectivity index (χ4n) is 2.17. The highest BCUT2D eigenvalue weighted by molar-refractivity contribution is 5.92. The van der Waals surface area contributed by atoms with Crippen LogP contribution in [0.3, 0.4) is 0 Å². The van der Waals surface area contributed by atoms with Crippen LogP contribution in [0.15, 0.2) is 42.6 Å². The van der Waals surface area contributed by atoms with Crippen LogP contribution in [0.5, 0.6) is 0 Å². The maximum absolute atomic E-state index is 11.6. The van der Waals surface area contributed by atoms with Gasteiger partial charge < -0.3 is 16.0 Å². The van der Waals surface area contributed by atoms with Crippen LogP contribution < -0.4 is 16.0 Å². The molecule has 0 fully saturated rings. The lowest BCUT2D eigenvalue weighted by Gasteiger charge is -2.21. The fraction of sp³-hybridized carbons (Fsp3) is 0.250. The zero-order valence-electron chi connectivity index (χ0n) is 12.3. The van der Waals surface area contributed by atoms with Crippen molar-refractivity contribution < 1.29 is 4.79 Å².